The Balaban J connectivity index is 2.69. The van der Waals surface area contributed by atoms with Crippen LogP contribution in [0.3, 0.4) is 0 Å². The van der Waals surface area contributed by atoms with Crippen molar-refractivity contribution in [2.24, 2.45) is 5.92 Å². The maximum Gasteiger partial charge on any atom is -0.00730 e. The Kier molecular flexibility index (Phi) is 1.01. The van der Waals surface area contributed by atoms with Crippen LogP contribution < -0.4 is 0 Å². The summed E-state index contributed by atoms with van der Waals surface area (Å²) in [6, 6.07) is 0. The highest BCUT2D eigenvalue weighted by atomic mass is 14.0. The summed E-state index contributed by atoms with van der Waals surface area (Å²) in [6.07, 6.45) is 6.61. The Bertz CT molecular complexity index is 118. The minimum Gasteiger partial charge on any atom is -0.0776 e. The molecule has 0 spiro atoms. The molecule has 0 N–H and O–H groups in total. The minimum absolute atomic E-state index is 0.681. The van der Waals surface area contributed by atoms with Crippen molar-refractivity contribution in [3.63, 3.8) is 0 Å². The molecule has 1 aliphatic carbocycles. The van der Waals surface area contributed by atoms with Gasteiger partial charge in [-0.15, -0.1) is 0 Å². The number of hydrogen-bond acceptors (Lipinski definition) is 0. The highest BCUT2D eigenvalue weighted by Gasteiger charge is 1.96. The second kappa shape index (κ2) is 1.53. The Morgan fingerprint density at radius 1 is 1.57 bits per heavy atom. The van der Waals surface area contributed by atoms with Gasteiger partial charge in [-0.1, -0.05) is 30.7 Å². The molecule has 1 unspecified atom stereocenters. The summed E-state index contributed by atoms with van der Waals surface area (Å²) in [7, 11) is 0. The van der Waals surface area contributed by atoms with Crippen LogP contribution in [0.4, 0.5) is 0 Å². The zero-order valence-corrected chi connectivity index (χ0v) is 4.81. The molecule has 0 heterocycles. The largest absolute Gasteiger partial charge is 0.0776 e. The molecular weight excluding hydrogens is 84.1 g/mol. The molecule has 1 aliphatic rings. The van der Waals surface area contributed by atoms with E-state index in [1.54, 1.807) is 0 Å². The summed E-state index contributed by atoms with van der Waals surface area (Å²) >= 11 is 0. The van der Waals surface area contributed by atoms with E-state index in [2.05, 4.69) is 32.1 Å². The van der Waals surface area contributed by atoms with Gasteiger partial charge in [0.05, 0.1) is 0 Å². The van der Waals surface area contributed by atoms with Crippen molar-refractivity contribution >= 4 is 0 Å². The zero-order valence-electron chi connectivity index (χ0n) is 4.81. The summed E-state index contributed by atoms with van der Waals surface area (Å²) in [6.45, 7) is 4.31. The summed E-state index contributed by atoms with van der Waals surface area (Å²) in [4.78, 5) is 0. The first-order valence-corrected chi connectivity index (χ1v) is 2.65. The van der Waals surface area contributed by atoms with Gasteiger partial charge in [0.2, 0.25) is 0 Å². The average Bonchev–Trinajstić information content (AvgIpc) is 1.87. The molecule has 1 rings (SSSR count). The molecule has 1 atom stereocenters. The lowest BCUT2D eigenvalue weighted by Crippen LogP contribution is -1.73. The maximum absolute atomic E-state index is 2.25. The first-order valence-electron chi connectivity index (χ1n) is 2.65. The van der Waals surface area contributed by atoms with Gasteiger partial charge in [0.25, 0.3) is 0 Å². The lowest BCUT2D eigenvalue weighted by Gasteiger charge is -1.85. The van der Waals surface area contributed by atoms with E-state index in [-0.39, 0.29) is 0 Å². The third kappa shape index (κ3) is 0.923. The second-order valence-electron chi connectivity index (χ2n) is 2.13. The molecule has 0 bridgehead atoms. The van der Waals surface area contributed by atoms with Gasteiger partial charge in [-0.05, 0) is 12.8 Å². The van der Waals surface area contributed by atoms with Gasteiger partial charge in [-0.3, -0.25) is 0 Å². The van der Waals surface area contributed by atoms with Crippen molar-refractivity contribution < 1.29 is 0 Å². The predicted octanol–water partition coefficient (Wildman–Crippen LogP) is 2.14. The summed E-state index contributed by atoms with van der Waals surface area (Å²) in [5.41, 5.74) is 1.40. The fourth-order valence-electron chi connectivity index (χ4n) is 0.829. The topological polar surface area (TPSA) is 0 Å². The first kappa shape index (κ1) is 4.63. The van der Waals surface area contributed by atoms with E-state index in [9.17, 15) is 0 Å². The lowest BCUT2D eigenvalue weighted by atomic mass is 10.2. The van der Waals surface area contributed by atoms with E-state index >= 15 is 0 Å². The first-order chi connectivity index (χ1) is 3.29. The molecule has 0 nitrogen and oxygen atoms in total. The number of rotatable bonds is 0. The smallest absolute Gasteiger partial charge is 0.00730 e. The van der Waals surface area contributed by atoms with E-state index in [4.69, 9.17) is 0 Å². The van der Waals surface area contributed by atoms with Gasteiger partial charge in [0.15, 0.2) is 0 Å². The molecule has 0 radical (unpaired) electrons. The van der Waals surface area contributed by atoms with Crippen molar-refractivity contribution in [3.8, 4) is 0 Å². The molecule has 0 saturated heterocycles. The predicted molar refractivity (Wildman–Crippen MR) is 32.1 cm³/mol. The quantitative estimate of drug-likeness (QED) is 0.431. The summed E-state index contributed by atoms with van der Waals surface area (Å²) in [5, 5.41) is 0. The molecule has 0 aliphatic heterocycles. The molecule has 0 fully saturated rings. The normalized spacial score (nSPS) is 28.3. The zero-order chi connectivity index (χ0) is 5.28. The molecule has 0 aromatic rings. The van der Waals surface area contributed by atoms with Crippen molar-refractivity contribution in [1.29, 1.82) is 0 Å². The fraction of sp³-hybridized carbons (Fsp3) is 0.429. The van der Waals surface area contributed by atoms with Crippen LogP contribution >= 0.6 is 0 Å². The van der Waals surface area contributed by atoms with Gasteiger partial charge in [-0.25, -0.2) is 0 Å². The third-order valence-corrected chi connectivity index (χ3v) is 1.19. The van der Waals surface area contributed by atoms with Gasteiger partial charge in [0.1, 0.15) is 0 Å². The Labute approximate surface area is 44.5 Å². The lowest BCUT2D eigenvalue weighted by molar-refractivity contribution is 0.955. The molecule has 38 valence electrons. The molecule has 0 aromatic heterocycles. The van der Waals surface area contributed by atoms with Crippen molar-refractivity contribution in [1.82, 2.24) is 0 Å². The Hall–Kier alpha value is -0.520. The van der Waals surface area contributed by atoms with E-state index < -0.39 is 0 Å². The van der Waals surface area contributed by atoms with Crippen LogP contribution in [-0.4, -0.2) is 0 Å². The molecular formula is C7H10. The second-order valence-corrected chi connectivity index (χ2v) is 2.13. The van der Waals surface area contributed by atoms with Crippen molar-refractivity contribution in [2.75, 3.05) is 0 Å². The molecule has 7 heavy (non-hydrogen) atoms. The van der Waals surface area contributed by atoms with Crippen LogP contribution in [0.5, 0.6) is 0 Å². The Morgan fingerprint density at radius 3 is 2.43 bits per heavy atom. The minimum atomic E-state index is 0.681. The van der Waals surface area contributed by atoms with Crippen molar-refractivity contribution in [3.05, 3.63) is 23.8 Å². The SMILES string of the molecule is CC1=CC(C)C=C1. The molecule has 0 aromatic carbocycles. The average molecular weight is 94.2 g/mol. The summed E-state index contributed by atoms with van der Waals surface area (Å²) in [5.74, 6) is 0.681. The highest BCUT2D eigenvalue weighted by Crippen LogP contribution is 2.12. The van der Waals surface area contributed by atoms with Gasteiger partial charge in [-0.2, -0.15) is 0 Å². The van der Waals surface area contributed by atoms with Crippen LogP contribution in [0.15, 0.2) is 23.8 Å². The number of allylic oxidation sites excluding steroid dienone is 4. The van der Waals surface area contributed by atoms with Gasteiger partial charge in [0, 0.05) is 0 Å². The van der Waals surface area contributed by atoms with Gasteiger partial charge >= 0.3 is 0 Å². The highest BCUT2D eigenvalue weighted by molar-refractivity contribution is 5.25. The molecule has 0 heteroatoms. The monoisotopic (exact) mass is 94.1 g/mol. The van der Waals surface area contributed by atoms with Crippen LogP contribution in [-0.2, 0) is 0 Å². The standard InChI is InChI=1S/C7H10/c1-6-3-4-7(2)5-6/h3-6H,1-2H3. The third-order valence-electron chi connectivity index (χ3n) is 1.19. The Morgan fingerprint density at radius 2 is 2.29 bits per heavy atom. The van der Waals surface area contributed by atoms with Crippen molar-refractivity contribution in [2.45, 2.75) is 13.8 Å². The van der Waals surface area contributed by atoms with E-state index in [1.807, 2.05) is 0 Å². The van der Waals surface area contributed by atoms with Crippen LogP contribution in [0.1, 0.15) is 13.8 Å². The van der Waals surface area contributed by atoms with E-state index in [0.717, 1.165) is 0 Å². The van der Waals surface area contributed by atoms with Crippen LogP contribution in [0.25, 0.3) is 0 Å². The maximum atomic E-state index is 2.25. The summed E-state index contributed by atoms with van der Waals surface area (Å²) < 4.78 is 0. The van der Waals surface area contributed by atoms with E-state index in [0.29, 0.717) is 5.92 Å². The van der Waals surface area contributed by atoms with E-state index in [1.165, 1.54) is 5.57 Å². The van der Waals surface area contributed by atoms with Crippen LogP contribution in [0.2, 0.25) is 0 Å². The van der Waals surface area contributed by atoms with Crippen LogP contribution in [0, 0.1) is 5.92 Å². The molecule has 0 amide bonds. The van der Waals surface area contributed by atoms with Gasteiger partial charge < -0.3 is 0 Å². The number of hydrogen-bond donors (Lipinski definition) is 0. The molecule has 0 saturated carbocycles. The fourth-order valence-corrected chi connectivity index (χ4v) is 0.829.